The van der Waals surface area contributed by atoms with Crippen LogP contribution in [0.3, 0.4) is 0 Å². The lowest BCUT2D eigenvalue weighted by Gasteiger charge is -2.24. The van der Waals surface area contributed by atoms with Gasteiger partial charge in [0.2, 0.25) is 11.8 Å². The molecular weight excluding hydrogens is 1070 g/mol. The number of likely N-dealkylation sites (tertiary alicyclic amines) is 1. The van der Waals surface area contributed by atoms with Crippen LogP contribution >= 0.6 is 0 Å². The van der Waals surface area contributed by atoms with Gasteiger partial charge in [0.15, 0.2) is 0 Å². The first kappa shape index (κ1) is 73.9. The second kappa shape index (κ2) is 58.5. The molecule has 0 aromatic carbocycles. The summed E-state index contributed by atoms with van der Waals surface area (Å²) in [6, 6.07) is 3.35. The third-order valence-corrected chi connectivity index (χ3v) is 11.0. The lowest BCUT2D eigenvalue weighted by Crippen LogP contribution is -2.36. The summed E-state index contributed by atoms with van der Waals surface area (Å²) in [7, 11) is 1.71. The number of rotatable bonds is 65. The standard InChI is InChI=1S/C54H97N3O24/c1-57-51(58)47-50(53(57)49-3-2-5-55-48-49)54(61)56-6-8-63-10-12-65-14-16-67-18-20-69-22-24-71-26-28-73-30-32-75-34-36-77-38-40-79-42-44-81-46-45-80-43-41-78-39-37-76-35-33-74-31-29-72-27-25-70-23-21-68-19-17-66-15-13-64-11-9-62-7-4-52(59)60/h2-3,5,48,50,53H,4,6-47H2,1H3,(H,56,61)(H,59,60)/t50-,53+/m0/s1. The second-order valence-corrected chi connectivity index (χ2v) is 17.2. The zero-order chi connectivity index (χ0) is 57.8. The van der Waals surface area contributed by atoms with Crippen molar-refractivity contribution in [2.24, 2.45) is 5.92 Å². The van der Waals surface area contributed by atoms with Crippen molar-refractivity contribution < 1.29 is 114 Å². The van der Waals surface area contributed by atoms with Crippen molar-refractivity contribution in [1.82, 2.24) is 15.2 Å². The number of carbonyl (C=O) groups excluding carboxylic acids is 2. The Morgan fingerprint density at radius 1 is 0.432 bits per heavy atom. The van der Waals surface area contributed by atoms with Crippen LogP contribution in [0.15, 0.2) is 24.5 Å². The number of nitrogens with one attached hydrogen (secondary N) is 1. The molecule has 1 aliphatic heterocycles. The Labute approximate surface area is 478 Å². The summed E-state index contributed by atoms with van der Waals surface area (Å²) in [6.07, 6.45) is 3.52. The van der Waals surface area contributed by atoms with E-state index in [0.717, 1.165) is 5.56 Å². The Balaban J connectivity index is 1.12. The van der Waals surface area contributed by atoms with Crippen molar-refractivity contribution in [3.63, 3.8) is 0 Å². The van der Waals surface area contributed by atoms with Gasteiger partial charge in [0.1, 0.15) is 0 Å². The minimum absolute atomic E-state index is 0.0112. The maximum Gasteiger partial charge on any atom is 0.305 e. The molecule has 0 radical (unpaired) electrons. The highest BCUT2D eigenvalue weighted by Crippen LogP contribution is 2.36. The topological polar surface area (TPSA) is 284 Å². The summed E-state index contributed by atoms with van der Waals surface area (Å²) < 4.78 is 110. The maximum absolute atomic E-state index is 12.8. The van der Waals surface area contributed by atoms with Crippen LogP contribution in [-0.2, 0) is 109 Å². The van der Waals surface area contributed by atoms with Crippen molar-refractivity contribution in [2.45, 2.75) is 18.9 Å². The maximum atomic E-state index is 12.8. The fraction of sp³-hybridized carbons (Fsp3) is 0.852. The molecule has 2 amide bonds. The zero-order valence-corrected chi connectivity index (χ0v) is 48.1. The van der Waals surface area contributed by atoms with Gasteiger partial charge in [-0.2, -0.15) is 0 Å². The number of aromatic nitrogens is 1. The van der Waals surface area contributed by atoms with Gasteiger partial charge < -0.3 is 110 Å². The molecule has 472 valence electrons. The van der Waals surface area contributed by atoms with Crippen LogP contribution in [0.1, 0.15) is 24.4 Å². The van der Waals surface area contributed by atoms with Crippen LogP contribution in [0.2, 0.25) is 0 Å². The number of pyridine rings is 1. The van der Waals surface area contributed by atoms with Crippen LogP contribution < -0.4 is 5.32 Å². The fourth-order valence-corrected chi connectivity index (χ4v) is 6.93. The van der Waals surface area contributed by atoms with Gasteiger partial charge in [-0.05, 0) is 11.6 Å². The first-order chi connectivity index (χ1) is 40.0. The lowest BCUT2D eigenvalue weighted by atomic mass is 9.94. The zero-order valence-electron chi connectivity index (χ0n) is 48.1. The average Bonchev–Trinajstić information content (AvgIpc) is 3.94. The lowest BCUT2D eigenvalue weighted by molar-refractivity contribution is -0.138. The molecule has 1 fully saturated rings. The van der Waals surface area contributed by atoms with E-state index in [1.807, 2.05) is 6.07 Å². The predicted octanol–water partition coefficient (Wildman–Crippen LogP) is 0.524. The smallest absolute Gasteiger partial charge is 0.305 e. The Bertz CT molecular complexity index is 1540. The van der Waals surface area contributed by atoms with Crippen molar-refractivity contribution in [2.75, 3.05) is 278 Å². The van der Waals surface area contributed by atoms with Gasteiger partial charge in [-0.15, -0.1) is 0 Å². The van der Waals surface area contributed by atoms with Crippen LogP contribution in [0, 0.1) is 5.92 Å². The summed E-state index contributed by atoms with van der Waals surface area (Å²) in [5.41, 5.74) is 0.842. The Morgan fingerprint density at radius 3 is 0.914 bits per heavy atom. The van der Waals surface area contributed by atoms with Crippen molar-refractivity contribution >= 4 is 17.8 Å². The fourth-order valence-electron chi connectivity index (χ4n) is 6.93. The van der Waals surface area contributed by atoms with Crippen molar-refractivity contribution in [1.29, 1.82) is 0 Å². The molecule has 0 saturated carbocycles. The molecule has 1 aliphatic rings. The number of hydrogen-bond acceptors (Lipinski definition) is 24. The summed E-state index contributed by atoms with van der Waals surface area (Å²) in [6.45, 7) is 18.3. The monoisotopic (exact) mass is 1170 g/mol. The number of carboxylic acid groups (broad SMARTS) is 1. The highest BCUT2D eigenvalue weighted by molar-refractivity contribution is 5.90. The molecule has 0 unspecified atom stereocenters. The number of aliphatic carboxylic acids is 1. The van der Waals surface area contributed by atoms with E-state index in [0.29, 0.717) is 264 Å². The normalized spacial score (nSPS) is 14.4. The van der Waals surface area contributed by atoms with E-state index in [1.165, 1.54) is 0 Å². The highest BCUT2D eigenvalue weighted by atomic mass is 16.6. The number of ether oxygens (including phenoxy) is 20. The van der Waals surface area contributed by atoms with E-state index in [4.69, 9.17) is 99.8 Å². The molecule has 1 aromatic heterocycles. The van der Waals surface area contributed by atoms with Crippen molar-refractivity contribution in [3.8, 4) is 0 Å². The minimum atomic E-state index is -0.881. The Hall–Kier alpha value is -3.24. The molecule has 81 heavy (non-hydrogen) atoms. The SMILES string of the molecule is CN1C(=O)C[C@H](C(=O)NCCOCCOCCOCCOCCOCCOCCOCCOCCOCCOCCOCCOCCOCCOCCOCCOCCOCCOCCOCCOCCC(=O)O)[C@H]1c1cccnc1. The number of carbonyl (C=O) groups is 3. The molecule has 27 heteroatoms. The van der Waals surface area contributed by atoms with Crippen LogP contribution in [-0.4, -0.2) is 311 Å². The summed E-state index contributed by atoms with van der Waals surface area (Å²) in [4.78, 5) is 41.2. The minimum Gasteiger partial charge on any atom is -0.481 e. The van der Waals surface area contributed by atoms with Gasteiger partial charge in [0, 0.05) is 32.4 Å². The molecule has 1 saturated heterocycles. The van der Waals surface area contributed by atoms with Gasteiger partial charge in [0.25, 0.3) is 0 Å². The third kappa shape index (κ3) is 47.8. The van der Waals surface area contributed by atoms with Crippen LogP contribution in [0.5, 0.6) is 0 Å². The third-order valence-electron chi connectivity index (χ3n) is 11.0. The molecule has 0 aliphatic carbocycles. The number of amides is 2. The largest absolute Gasteiger partial charge is 0.481 e. The van der Waals surface area contributed by atoms with Gasteiger partial charge >= 0.3 is 5.97 Å². The van der Waals surface area contributed by atoms with Crippen LogP contribution in [0.25, 0.3) is 0 Å². The highest BCUT2D eigenvalue weighted by Gasteiger charge is 2.42. The number of nitrogens with zero attached hydrogens (tertiary/aromatic N) is 2. The molecule has 0 bridgehead atoms. The second-order valence-electron chi connectivity index (χ2n) is 17.2. The molecular formula is C54H97N3O24. The molecule has 0 spiro atoms. The molecule has 27 nitrogen and oxygen atoms in total. The van der Waals surface area contributed by atoms with E-state index in [-0.39, 0.29) is 37.3 Å². The predicted molar refractivity (Wildman–Crippen MR) is 289 cm³/mol. The number of carboxylic acids is 1. The van der Waals surface area contributed by atoms with E-state index in [9.17, 15) is 14.4 Å². The summed E-state index contributed by atoms with van der Waals surface area (Å²) in [5.74, 6) is -1.59. The van der Waals surface area contributed by atoms with Crippen molar-refractivity contribution in [3.05, 3.63) is 30.1 Å². The quantitative estimate of drug-likeness (QED) is 0.0841. The molecule has 2 rings (SSSR count). The Morgan fingerprint density at radius 2 is 0.679 bits per heavy atom. The summed E-state index contributed by atoms with van der Waals surface area (Å²) in [5, 5.41) is 11.4. The van der Waals surface area contributed by atoms with Crippen LogP contribution in [0.4, 0.5) is 0 Å². The Kier molecular flexibility index (Phi) is 53.4. The first-order valence-electron chi connectivity index (χ1n) is 28.2. The molecule has 2 heterocycles. The van der Waals surface area contributed by atoms with Gasteiger partial charge in [0.05, 0.1) is 283 Å². The van der Waals surface area contributed by atoms with Gasteiger partial charge in [-0.3, -0.25) is 19.4 Å². The van der Waals surface area contributed by atoms with E-state index in [1.54, 1.807) is 30.4 Å². The first-order valence-corrected chi connectivity index (χ1v) is 28.2. The van der Waals surface area contributed by atoms with Gasteiger partial charge in [-0.25, -0.2) is 0 Å². The number of hydrogen-bond donors (Lipinski definition) is 2. The van der Waals surface area contributed by atoms with Gasteiger partial charge in [-0.1, -0.05) is 6.07 Å². The van der Waals surface area contributed by atoms with E-state index < -0.39 is 11.9 Å². The molecule has 2 N–H and O–H groups in total. The average molecular weight is 1170 g/mol. The molecule has 2 atom stereocenters. The van der Waals surface area contributed by atoms with E-state index in [2.05, 4.69) is 10.3 Å². The summed E-state index contributed by atoms with van der Waals surface area (Å²) >= 11 is 0. The van der Waals surface area contributed by atoms with E-state index >= 15 is 0 Å². The molecule has 1 aromatic rings.